The lowest BCUT2D eigenvalue weighted by Gasteiger charge is -2.32. The van der Waals surface area contributed by atoms with E-state index in [1.807, 2.05) is 12.1 Å². The molecule has 1 aromatic carbocycles. The molecular weight excluding hydrogens is 332 g/mol. The Bertz CT molecular complexity index is 485. The molecule has 1 fully saturated rings. The molecule has 0 unspecified atom stereocenters. The van der Waals surface area contributed by atoms with Crippen molar-refractivity contribution in [1.82, 2.24) is 10.2 Å². The maximum atomic E-state index is 12.4. The van der Waals surface area contributed by atoms with E-state index in [-0.39, 0.29) is 11.9 Å². The first-order valence-electron chi connectivity index (χ1n) is 7.50. The number of likely N-dealkylation sites (tertiary alicyclic amines) is 1. The fourth-order valence-corrected chi connectivity index (χ4v) is 3.11. The number of rotatable bonds is 5. The van der Waals surface area contributed by atoms with Gasteiger partial charge in [-0.2, -0.15) is 0 Å². The molecule has 0 radical (unpaired) electrons. The smallest absolute Gasteiger partial charge is 0.252 e. The van der Waals surface area contributed by atoms with Gasteiger partial charge < -0.3 is 15.0 Å². The molecule has 0 spiro atoms. The van der Waals surface area contributed by atoms with Gasteiger partial charge in [0.15, 0.2) is 0 Å². The van der Waals surface area contributed by atoms with Gasteiger partial charge in [0, 0.05) is 23.6 Å². The lowest BCUT2D eigenvalue weighted by molar-refractivity contribution is 0.0910. The SMILES string of the molecule is CCCN1CCC(NC(=O)c2cc(OC)ccc2Br)CC1. The topological polar surface area (TPSA) is 41.6 Å². The van der Waals surface area contributed by atoms with Crippen molar-refractivity contribution < 1.29 is 9.53 Å². The summed E-state index contributed by atoms with van der Waals surface area (Å²) in [7, 11) is 1.61. The van der Waals surface area contributed by atoms with E-state index in [1.165, 1.54) is 6.42 Å². The van der Waals surface area contributed by atoms with Crippen LogP contribution in [0.1, 0.15) is 36.5 Å². The van der Waals surface area contributed by atoms with Crippen molar-refractivity contribution in [3.63, 3.8) is 0 Å². The van der Waals surface area contributed by atoms with Crippen molar-refractivity contribution in [1.29, 1.82) is 0 Å². The highest BCUT2D eigenvalue weighted by molar-refractivity contribution is 9.10. The number of benzene rings is 1. The van der Waals surface area contributed by atoms with Crippen molar-refractivity contribution in [2.75, 3.05) is 26.7 Å². The summed E-state index contributed by atoms with van der Waals surface area (Å²) >= 11 is 3.43. The molecule has 5 heteroatoms. The minimum absolute atomic E-state index is 0.0327. The highest BCUT2D eigenvalue weighted by Crippen LogP contribution is 2.23. The minimum Gasteiger partial charge on any atom is -0.497 e. The Hall–Kier alpha value is -1.07. The van der Waals surface area contributed by atoms with Crippen LogP contribution in [0, 0.1) is 0 Å². The molecule has 116 valence electrons. The fraction of sp³-hybridized carbons (Fsp3) is 0.562. The largest absolute Gasteiger partial charge is 0.497 e. The van der Waals surface area contributed by atoms with Gasteiger partial charge in [0.2, 0.25) is 0 Å². The first kappa shape index (κ1) is 16.3. The van der Waals surface area contributed by atoms with E-state index >= 15 is 0 Å². The molecule has 1 N–H and O–H groups in total. The molecule has 1 amide bonds. The summed E-state index contributed by atoms with van der Waals surface area (Å²) < 4.78 is 5.98. The Balaban J connectivity index is 1.93. The molecule has 1 heterocycles. The van der Waals surface area contributed by atoms with Gasteiger partial charge in [0.25, 0.3) is 5.91 Å². The van der Waals surface area contributed by atoms with Crippen LogP contribution in [0.2, 0.25) is 0 Å². The predicted octanol–water partition coefficient (Wildman–Crippen LogP) is 3.06. The lowest BCUT2D eigenvalue weighted by atomic mass is 10.0. The van der Waals surface area contributed by atoms with E-state index in [0.717, 1.165) is 36.9 Å². The van der Waals surface area contributed by atoms with Gasteiger partial charge in [-0.3, -0.25) is 4.79 Å². The van der Waals surface area contributed by atoms with Gasteiger partial charge in [-0.25, -0.2) is 0 Å². The van der Waals surface area contributed by atoms with Crippen molar-refractivity contribution in [2.45, 2.75) is 32.2 Å². The third-order valence-electron chi connectivity index (χ3n) is 3.88. The van der Waals surface area contributed by atoms with Crippen molar-refractivity contribution in [3.8, 4) is 5.75 Å². The highest BCUT2D eigenvalue weighted by atomic mass is 79.9. The molecule has 0 atom stereocenters. The summed E-state index contributed by atoms with van der Waals surface area (Å²) in [6, 6.07) is 5.72. The molecule has 4 nitrogen and oxygen atoms in total. The van der Waals surface area contributed by atoms with Gasteiger partial charge in [0.1, 0.15) is 5.75 Å². The zero-order valence-electron chi connectivity index (χ0n) is 12.7. The van der Waals surface area contributed by atoms with Gasteiger partial charge >= 0.3 is 0 Å². The normalized spacial score (nSPS) is 16.7. The molecule has 1 saturated heterocycles. The average Bonchev–Trinajstić information content (AvgIpc) is 2.50. The molecule has 21 heavy (non-hydrogen) atoms. The van der Waals surface area contributed by atoms with Crippen LogP contribution in [-0.4, -0.2) is 43.6 Å². The number of nitrogens with zero attached hydrogens (tertiary/aromatic N) is 1. The number of hydrogen-bond donors (Lipinski definition) is 1. The lowest BCUT2D eigenvalue weighted by Crippen LogP contribution is -2.44. The van der Waals surface area contributed by atoms with Crippen LogP contribution in [0.25, 0.3) is 0 Å². The zero-order valence-corrected chi connectivity index (χ0v) is 14.3. The second-order valence-electron chi connectivity index (χ2n) is 5.44. The number of ether oxygens (including phenoxy) is 1. The van der Waals surface area contributed by atoms with Crippen LogP contribution in [0.4, 0.5) is 0 Å². The second kappa shape index (κ2) is 7.80. The molecule has 2 rings (SSSR count). The van der Waals surface area contributed by atoms with Crippen LogP contribution in [0.15, 0.2) is 22.7 Å². The van der Waals surface area contributed by atoms with Crippen LogP contribution in [-0.2, 0) is 0 Å². The number of nitrogens with one attached hydrogen (secondary N) is 1. The maximum Gasteiger partial charge on any atom is 0.252 e. The van der Waals surface area contributed by atoms with E-state index in [9.17, 15) is 4.79 Å². The predicted molar refractivity (Wildman–Crippen MR) is 87.9 cm³/mol. The van der Waals surface area contributed by atoms with E-state index < -0.39 is 0 Å². The first-order valence-corrected chi connectivity index (χ1v) is 8.30. The Kier molecular flexibility index (Phi) is 6.06. The number of carbonyl (C=O) groups excluding carboxylic acids is 1. The van der Waals surface area contributed by atoms with Crippen molar-refractivity contribution in [3.05, 3.63) is 28.2 Å². The molecule has 1 aliphatic heterocycles. The van der Waals surface area contributed by atoms with Gasteiger partial charge in [-0.1, -0.05) is 6.92 Å². The minimum atomic E-state index is -0.0327. The van der Waals surface area contributed by atoms with E-state index in [2.05, 4.69) is 33.1 Å². The highest BCUT2D eigenvalue weighted by Gasteiger charge is 2.21. The van der Waals surface area contributed by atoms with Crippen molar-refractivity contribution >= 4 is 21.8 Å². The molecule has 0 aliphatic carbocycles. The number of piperidine rings is 1. The Labute approximate surface area is 135 Å². The number of amides is 1. The summed E-state index contributed by atoms with van der Waals surface area (Å²) in [6.07, 6.45) is 3.23. The molecule has 0 aromatic heterocycles. The molecular formula is C16H23BrN2O2. The maximum absolute atomic E-state index is 12.4. The molecule has 0 saturated carbocycles. The quantitative estimate of drug-likeness (QED) is 0.883. The summed E-state index contributed by atoms with van der Waals surface area (Å²) in [6.45, 7) is 5.49. The number of methoxy groups -OCH3 is 1. The number of carbonyl (C=O) groups is 1. The average molecular weight is 355 g/mol. The van der Waals surface area contributed by atoms with E-state index in [1.54, 1.807) is 13.2 Å². The Morgan fingerprint density at radius 3 is 2.76 bits per heavy atom. The van der Waals surface area contributed by atoms with Crippen LogP contribution in [0.3, 0.4) is 0 Å². The van der Waals surface area contributed by atoms with Crippen LogP contribution >= 0.6 is 15.9 Å². The Morgan fingerprint density at radius 2 is 2.14 bits per heavy atom. The standard InChI is InChI=1S/C16H23BrN2O2/c1-3-8-19-9-6-12(7-10-19)18-16(20)14-11-13(21-2)4-5-15(14)17/h4-5,11-12H,3,6-10H2,1-2H3,(H,18,20). The molecule has 0 bridgehead atoms. The summed E-state index contributed by atoms with van der Waals surface area (Å²) in [5.74, 6) is 0.663. The Morgan fingerprint density at radius 1 is 1.43 bits per heavy atom. The van der Waals surface area contributed by atoms with Gasteiger partial charge in [-0.15, -0.1) is 0 Å². The monoisotopic (exact) mass is 354 g/mol. The van der Waals surface area contributed by atoms with Crippen LogP contribution in [0.5, 0.6) is 5.75 Å². The third-order valence-corrected chi connectivity index (χ3v) is 4.57. The van der Waals surface area contributed by atoms with Gasteiger partial charge in [0.05, 0.1) is 12.7 Å². The van der Waals surface area contributed by atoms with Crippen LogP contribution < -0.4 is 10.1 Å². The molecule has 1 aromatic rings. The van der Waals surface area contributed by atoms with E-state index in [0.29, 0.717) is 11.3 Å². The zero-order chi connectivity index (χ0) is 15.2. The first-order chi connectivity index (χ1) is 10.1. The summed E-state index contributed by atoms with van der Waals surface area (Å²) in [5.41, 5.74) is 0.630. The summed E-state index contributed by atoms with van der Waals surface area (Å²) in [4.78, 5) is 14.9. The number of hydrogen-bond acceptors (Lipinski definition) is 3. The van der Waals surface area contributed by atoms with E-state index in [4.69, 9.17) is 4.74 Å². The second-order valence-corrected chi connectivity index (χ2v) is 6.29. The van der Waals surface area contributed by atoms with Gasteiger partial charge in [-0.05, 0) is 59.9 Å². The molecule has 1 aliphatic rings. The van der Waals surface area contributed by atoms with Crippen molar-refractivity contribution in [2.24, 2.45) is 0 Å². The summed E-state index contributed by atoms with van der Waals surface area (Å²) in [5, 5.41) is 3.14. The fourth-order valence-electron chi connectivity index (χ4n) is 2.69. The number of halogens is 1. The third kappa shape index (κ3) is 4.45.